The monoisotopic (exact) mass is 297 g/mol. The maximum atomic E-state index is 5.58. The SMILES string of the molecule is NNC(Cc1ccsc1)c1ncccc1Br. The Kier molecular flexibility index (Phi) is 4.06. The summed E-state index contributed by atoms with van der Waals surface area (Å²) in [6, 6.07) is 6.00. The number of hydrogen-bond acceptors (Lipinski definition) is 4. The van der Waals surface area contributed by atoms with Crippen molar-refractivity contribution in [1.82, 2.24) is 10.4 Å². The van der Waals surface area contributed by atoms with Crippen molar-refractivity contribution in [3.05, 3.63) is 50.9 Å². The number of halogens is 1. The van der Waals surface area contributed by atoms with Gasteiger partial charge in [0.15, 0.2) is 0 Å². The number of aromatic nitrogens is 1. The number of pyridine rings is 1. The third kappa shape index (κ3) is 2.68. The molecular weight excluding hydrogens is 286 g/mol. The first-order chi connectivity index (χ1) is 7.81. The maximum absolute atomic E-state index is 5.58. The fourth-order valence-electron chi connectivity index (χ4n) is 1.53. The zero-order valence-corrected chi connectivity index (χ0v) is 11.0. The van der Waals surface area contributed by atoms with E-state index in [1.807, 2.05) is 12.1 Å². The standard InChI is InChI=1S/C11H12BrN3S/c12-9-2-1-4-14-11(9)10(15-13)6-8-3-5-16-7-8/h1-5,7,10,15H,6,13H2. The van der Waals surface area contributed by atoms with Gasteiger partial charge in [-0.3, -0.25) is 16.3 Å². The lowest BCUT2D eigenvalue weighted by Gasteiger charge is -2.15. The molecule has 2 rings (SSSR count). The van der Waals surface area contributed by atoms with Gasteiger partial charge in [0.25, 0.3) is 0 Å². The highest BCUT2D eigenvalue weighted by molar-refractivity contribution is 9.10. The first-order valence-electron chi connectivity index (χ1n) is 4.89. The molecule has 16 heavy (non-hydrogen) atoms. The molecule has 0 saturated heterocycles. The lowest BCUT2D eigenvalue weighted by atomic mass is 10.1. The molecule has 3 N–H and O–H groups in total. The smallest absolute Gasteiger partial charge is 0.0731 e. The number of hydrazine groups is 1. The van der Waals surface area contributed by atoms with Crippen LogP contribution in [-0.2, 0) is 6.42 Å². The van der Waals surface area contributed by atoms with E-state index in [9.17, 15) is 0 Å². The molecule has 1 unspecified atom stereocenters. The van der Waals surface area contributed by atoms with Crippen molar-refractivity contribution in [2.24, 2.45) is 5.84 Å². The molecule has 0 fully saturated rings. The van der Waals surface area contributed by atoms with E-state index in [1.54, 1.807) is 17.5 Å². The van der Waals surface area contributed by atoms with Crippen molar-refractivity contribution in [1.29, 1.82) is 0 Å². The van der Waals surface area contributed by atoms with Crippen LogP contribution < -0.4 is 11.3 Å². The summed E-state index contributed by atoms with van der Waals surface area (Å²) in [4.78, 5) is 4.34. The normalized spacial score (nSPS) is 12.6. The number of nitrogens with one attached hydrogen (secondary N) is 1. The zero-order chi connectivity index (χ0) is 11.4. The Labute approximate surface area is 107 Å². The second-order valence-corrected chi connectivity index (χ2v) is 5.06. The molecule has 0 aromatic carbocycles. The highest BCUT2D eigenvalue weighted by Crippen LogP contribution is 2.23. The number of nitrogens with two attached hydrogens (primary N) is 1. The summed E-state index contributed by atoms with van der Waals surface area (Å²) in [6.07, 6.45) is 2.62. The van der Waals surface area contributed by atoms with Crippen molar-refractivity contribution < 1.29 is 0 Å². The van der Waals surface area contributed by atoms with Gasteiger partial charge in [-0.05, 0) is 56.9 Å². The first kappa shape index (κ1) is 11.7. The van der Waals surface area contributed by atoms with Crippen LogP contribution >= 0.6 is 27.3 Å². The summed E-state index contributed by atoms with van der Waals surface area (Å²) in [5.41, 5.74) is 5.02. The molecule has 0 amide bonds. The van der Waals surface area contributed by atoms with E-state index < -0.39 is 0 Å². The minimum absolute atomic E-state index is 0.0326. The number of hydrogen-bond donors (Lipinski definition) is 2. The fourth-order valence-corrected chi connectivity index (χ4v) is 2.75. The van der Waals surface area contributed by atoms with Crippen LogP contribution in [0.15, 0.2) is 39.6 Å². The van der Waals surface area contributed by atoms with Gasteiger partial charge in [-0.15, -0.1) is 0 Å². The van der Waals surface area contributed by atoms with Crippen LogP contribution in [0.25, 0.3) is 0 Å². The van der Waals surface area contributed by atoms with E-state index in [0.717, 1.165) is 16.6 Å². The van der Waals surface area contributed by atoms with E-state index in [4.69, 9.17) is 5.84 Å². The van der Waals surface area contributed by atoms with E-state index >= 15 is 0 Å². The predicted octanol–water partition coefficient (Wildman–Crippen LogP) is 2.65. The van der Waals surface area contributed by atoms with Gasteiger partial charge >= 0.3 is 0 Å². The summed E-state index contributed by atoms with van der Waals surface area (Å²) >= 11 is 5.18. The minimum Gasteiger partial charge on any atom is -0.271 e. The van der Waals surface area contributed by atoms with Gasteiger partial charge in [-0.2, -0.15) is 11.3 Å². The predicted molar refractivity (Wildman–Crippen MR) is 70.0 cm³/mol. The molecule has 2 aromatic rings. The third-order valence-electron chi connectivity index (χ3n) is 2.34. The van der Waals surface area contributed by atoms with Gasteiger partial charge in [0, 0.05) is 10.7 Å². The third-order valence-corrected chi connectivity index (χ3v) is 3.74. The molecule has 0 saturated carbocycles. The summed E-state index contributed by atoms with van der Waals surface area (Å²) in [6.45, 7) is 0. The fraction of sp³-hybridized carbons (Fsp3) is 0.182. The summed E-state index contributed by atoms with van der Waals surface area (Å²) in [5.74, 6) is 5.58. The Balaban J connectivity index is 2.20. The Hall–Kier alpha value is -0.750. The largest absolute Gasteiger partial charge is 0.271 e. The van der Waals surface area contributed by atoms with Crippen LogP contribution in [0.3, 0.4) is 0 Å². The van der Waals surface area contributed by atoms with Crippen LogP contribution in [0.5, 0.6) is 0 Å². The average Bonchev–Trinajstić information content (AvgIpc) is 2.80. The van der Waals surface area contributed by atoms with Crippen LogP contribution in [0.1, 0.15) is 17.3 Å². The molecule has 2 heterocycles. The molecule has 0 aliphatic heterocycles. The Morgan fingerprint density at radius 3 is 3.00 bits per heavy atom. The van der Waals surface area contributed by atoms with Gasteiger partial charge < -0.3 is 0 Å². The van der Waals surface area contributed by atoms with E-state index in [1.165, 1.54) is 5.56 Å². The van der Waals surface area contributed by atoms with Crippen molar-refractivity contribution in [3.63, 3.8) is 0 Å². The number of rotatable bonds is 4. The van der Waals surface area contributed by atoms with Crippen LogP contribution in [0.4, 0.5) is 0 Å². The average molecular weight is 298 g/mol. The quantitative estimate of drug-likeness (QED) is 0.674. The van der Waals surface area contributed by atoms with Crippen molar-refractivity contribution in [2.75, 3.05) is 0 Å². The van der Waals surface area contributed by atoms with Crippen LogP contribution in [0, 0.1) is 0 Å². The highest BCUT2D eigenvalue weighted by Gasteiger charge is 2.14. The van der Waals surface area contributed by atoms with Gasteiger partial charge in [-0.25, -0.2) is 0 Å². The molecule has 2 aromatic heterocycles. The molecule has 5 heteroatoms. The molecule has 0 bridgehead atoms. The van der Waals surface area contributed by atoms with Gasteiger partial charge in [-0.1, -0.05) is 0 Å². The van der Waals surface area contributed by atoms with Gasteiger partial charge in [0.05, 0.1) is 11.7 Å². The number of thiophene rings is 1. The second kappa shape index (κ2) is 5.54. The molecule has 1 atom stereocenters. The topological polar surface area (TPSA) is 50.9 Å². The van der Waals surface area contributed by atoms with Crippen LogP contribution in [-0.4, -0.2) is 4.98 Å². The van der Waals surface area contributed by atoms with Crippen LogP contribution in [0.2, 0.25) is 0 Å². The lowest BCUT2D eigenvalue weighted by Crippen LogP contribution is -2.30. The minimum atomic E-state index is 0.0326. The molecule has 3 nitrogen and oxygen atoms in total. The molecular formula is C11H12BrN3S. The number of nitrogens with zero attached hydrogens (tertiary/aromatic N) is 1. The van der Waals surface area contributed by atoms with Crippen molar-refractivity contribution >= 4 is 27.3 Å². The summed E-state index contributed by atoms with van der Waals surface area (Å²) in [5, 5.41) is 4.19. The van der Waals surface area contributed by atoms with E-state index in [-0.39, 0.29) is 6.04 Å². The van der Waals surface area contributed by atoms with Crippen molar-refractivity contribution in [2.45, 2.75) is 12.5 Å². The zero-order valence-electron chi connectivity index (χ0n) is 8.56. The lowest BCUT2D eigenvalue weighted by molar-refractivity contribution is 0.537. The molecule has 0 radical (unpaired) electrons. The van der Waals surface area contributed by atoms with Crippen molar-refractivity contribution in [3.8, 4) is 0 Å². The highest BCUT2D eigenvalue weighted by atomic mass is 79.9. The first-order valence-corrected chi connectivity index (χ1v) is 6.62. The maximum Gasteiger partial charge on any atom is 0.0731 e. The summed E-state index contributed by atoms with van der Waals surface area (Å²) < 4.78 is 0.980. The summed E-state index contributed by atoms with van der Waals surface area (Å²) in [7, 11) is 0. The Morgan fingerprint density at radius 2 is 2.38 bits per heavy atom. The van der Waals surface area contributed by atoms with E-state index in [2.05, 4.69) is 43.2 Å². The molecule has 0 aliphatic rings. The molecule has 0 aliphatic carbocycles. The van der Waals surface area contributed by atoms with E-state index in [0.29, 0.717) is 0 Å². The molecule has 0 spiro atoms. The Morgan fingerprint density at radius 1 is 1.50 bits per heavy atom. The Bertz CT molecular complexity index is 444. The van der Waals surface area contributed by atoms with Gasteiger partial charge in [0.1, 0.15) is 0 Å². The van der Waals surface area contributed by atoms with Gasteiger partial charge in [0.2, 0.25) is 0 Å². The second-order valence-electron chi connectivity index (χ2n) is 3.43. The molecule has 84 valence electrons.